The summed E-state index contributed by atoms with van der Waals surface area (Å²) in [4.78, 5) is 12.0. The second-order valence-corrected chi connectivity index (χ2v) is 8.18. The van der Waals surface area contributed by atoms with Gasteiger partial charge in [-0.05, 0) is 40.3 Å². The molecule has 2 atom stereocenters. The van der Waals surface area contributed by atoms with Crippen LogP contribution in [0.25, 0.3) is 21.9 Å². The van der Waals surface area contributed by atoms with E-state index >= 15 is 0 Å². The molecule has 4 nitrogen and oxygen atoms in total. The second-order valence-electron chi connectivity index (χ2n) is 6.36. The van der Waals surface area contributed by atoms with Crippen LogP contribution in [0, 0.1) is 0 Å². The van der Waals surface area contributed by atoms with E-state index < -0.39 is 18.2 Å². The Hall–Kier alpha value is -1.86. The maximum Gasteiger partial charge on any atom is 0.323 e. The van der Waals surface area contributed by atoms with Crippen molar-refractivity contribution in [2.24, 2.45) is 0 Å². The molecule has 0 saturated heterocycles. The van der Waals surface area contributed by atoms with Crippen molar-refractivity contribution in [2.75, 3.05) is 19.1 Å². The molecule has 1 unspecified atom stereocenters. The normalized spacial score (nSPS) is 13.3. The number of aliphatic hydroxyl groups excluding tert-OH is 1. The first-order chi connectivity index (χ1) is 13.5. The molecule has 0 radical (unpaired) electrons. The van der Waals surface area contributed by atoms with Gasteiger partial charge in [-0.3, -0.25) is 10.1 Å². The van der Waals surface area contributed by atoms with E-state index in [4.69, 9.17) is 4.74 Å². The van der Waals surface area contributed by atoms with Crippen molar-refractivity contribution >= 4 is 44.4 Å². The second kappa shape index (κ2) is 9.56. The minimum atomic E-state index is -1.02. The first-order valence-corrected chi connectivity index (χ1v) is 11.0. The monoisotopic (exact) mass is 459 g/mol. The molecule has 0 heterocycles. The predicted octanol–water partition coefficient (Wildman–Crippen LogP) is 4.75. The Morgan fingerprint density at radius 1 is 1.14 bits per heavy atom. The number of hydrogen-bond acceptors (Lipinski definition) is 5. The summed E-state index contributed by atoms with van der Waals surface area (Å²) >= 11 is 5.05. The summed E-state index contributed by atoms with van der Waals surface area (Å²) in [5.41, 5.74) is 2.63. The van der Waals surface area contributed by atoms with Crippen LogP contribution in [0.5, 0.6) is 0 Å². The number of thioether (sulfide) groups is 1. The average Bonchev–Trinajstić information content (AvgIpc) is 2.72. The van der Waals surface area contributed by atoms with Gasteiger partial charge >= 0.3 is 5.97 Å². The van der Waals surface area contributed by atoms with Crippen LogP contribution in [0.4, 0.5) is 0 Å². The van der Waals surface area contributed by atoms with E-state index in [1.54, 1.807) is 0 Å². The van der Waals surface area contributed by atoms with Gasteiger partial charge in [0.2, 0.25) is 0 Å². The number of carbonyl (C=O) groups is 1. The van der Waals surface area contributed by atoms with Gasteiger partial charge < -0.3 is 9.84 Å². The van der Waals surface area contributed by atoms with Gasteiger partial charge in [0, 0.05) is 15.8 Å². The van der Waals surface area contributed by atoms with Crippen molar-refractivity contribution in [1.29, 1.82) is 0 Å². The highest BCUT2D eigenvalue weighted by Gasteiger charge is 2.24. The lowest BCUT2D eigenvalue weighted by molar-refractivity contribution is -0.143. The van der Waals surface area contributed by atoms with Crippen LogP contribution in [-0.4, -0.2) is 36.2 Å². The predicted molar refractivity (Wildman–Crippen MR) is 119 cm³/mol. The third kappa shape index (κ3) is 4.58. The highest BCUT2D eigenvalue weighted by atomic mass is 79.9. The van der Waals surface area contributed by atoms with E-state index in [0.717, 1.165) is 26.4 Å². The molecule has 6 heteroatoms. The van der Waals surface area contributed by atoms with Crippen molar-refractivity contribution in [3.8, 4) is 11.1 Å². The molecule has 0 aliphatic heterocycles. The van der Waals surface area contributed by atoms with Gasteiger partial charge in [0.05, 0.1) is 7.11 Å². The fourth-order valence-electron chi connectivity index (χ4n) is 3.23. The van der Waals surface area contributed by atoms with Crippen LogP contribution >= 0.6 is 27.7 Å². The number of ether oxygens (including phenoxy) is 1. The maximum atomic E-state index is 12.0. The molecule has 0 fully saturated rings. The van der Waals surface area contributed by atoms with Crippen LogP contribution in [-0.2, 0) is 9.53 Å². The number of esters is 1. The van der Waals surface area contributed by atoms with Crippen LogP contribution in [0.3, 0.4) is 0 Å². The number of nitrogens with one attached hydrogen (secondary N) is 1. The third-order valence-electron chi connectivity index (χ3n) is 4.57. The molecule has 0 amide bonds. The fourth-order valence-corrected chi connectivity index (χ4v) is 4.16. The molecular weight excluding hydrogens is 438 g/mol. The van der Waals surface area contributed by atoms with Gasteiger partial charge in [-0.1, -0.05) is 64.5 Å². The van der Waals surface area contributed by atoms with E-state index in [1.165, 1.54) is 18.9 Å². The van der Waals surface area contributed by atoms with Crippen molar-refractivity contribution in [3.05, 3.63) is 70.7 Å². The molecule has 0 spiro atoms. The standard InChI is InChI=1S/C22H22BrNO3S/c1-27-22(26)20(13-28-2)24-21(25)18-11-10-15(23)12-19(18)17-9-5-7-14-6-3-4-8-16(14)17/h3-12,20-21,24-25H,13H2,1-2H3/t20-,21?/m0/s1. The largest absolute Gasteiger partial charge is 0.468 e. The Morgan fingerprint density at radius 2 is 1.89 bits per heavy atom. The summed E-state index contributed by atoms with van der Waals surface area (Å²) in [7, 11) is 1.35. The number of benzene rings is 3. The quantitative estimate of drug-likeness (QED) is 0.394. The molecule has 0 aromatic heterocycles. The number of aliphatic hydroxyl groups is 1. The molecule has 0 bridgehead atoms. The van der Waals surface area contributed by atoms with E-state index in [1.807, 2.05) is 48.7 Å². The first-order valence-electron chi connectivity index (χ1n) is 8.83. The Labute approximate surface area is 177 Å². The van der Waals surface area contributed by atoms with E-state index in [9.17, 15) is 9.90 Å². The molecule has 28 heavy (non-hydrogen) atoms. The summed E-state index contributed by atoms with van der Waals surface area (Å²) < 4.78 is 5.78. The summed E-state index contributed by atoms with van der Waals surface area (Å²) in [5.74, 6) is 0.112. The van der Waals surface area contributed by atoms with Gasteiger partial charge in [0.25, 0.3) is 0 Å². The lowest BCUT2D eigenvalue weighted by atomic mass is 9.94. The molecule has 146 valence electrons. The minimum Gasteiger partial charge on any atom is -0.468 e. The summed E-state index contributed by atoms with van der Waals surface area (Å²) in [5, 5.41) is 16.2. The van der Waals surface area contributed by atoms with E-state index in [2.05, 4.69) is 39.4 Å². The zero-order chi connectivity index (χ0) is 20.1. The van der Waals surface area contributed by atoms with Gasteiger partial charge in [0.15, 0.2) is 0 Å². The number of rotatable bonds is 7. The summed E-state index contributed by atoms with van der Waals surface area (Å²) in [6.07, 6.45) is 0.892. The maximum absolute atomic E-state index is 12.0. The van der Waals surface area contributed by atoms with Gasteiger partial charge in [-0.2, -0.15) is 11.8 Å². The van der Waals surface area contributed by atoms with Gasteiger partial charge in [-0.15, -0.1) is 0 Å². The zero-order valence-electron chi connectivity index (χ0n) is 15.7. The topological polar surface area (TPSA) is 58.6 Å². The molecule has 0 saturated carbocycles. The van der Waals surface area contributed by atoms with Crippen LogP contribution in [0.15, 0.2) is 65.1 Å². The van der Waals surface area contributed by atoms with Crippen molar-refractivity contribution in [1.82, 2.24) is 5.32 Å². The van der Waals surface area contributed by atoms with Crippen molar-refractivity contribution in [3.63, 3.8) is 0 Å². The Morgan fingerprint density at radius 3 is 2.64 bits per heavy atom. The molecule has 3 aromatic carbocycles. The Balaban J connectivity index is 2.04. The number of methoxy groups -OCH3 is 1. The lowest BCUT2D eigenvalue weighted by Crippen LogP contribution is -2.42. The molecule has 3 rings (SSSR count). The van der Waals surface area contributed by atoms with Crippen LogP contribution < -0.4 is 5.32 Å². The van der Waals surface area contributed by atoms with Crippen molar-refractivity contribution < 1.29 is 14.6 Å². The first kappa shape index (κ1) is 20.9. The zero-order valence-corrected chi connectivity index (χ0v) is 18.1. The summed E-state index contributed by atoms with van der Waals surface area (Å²) in [6, 6.07) is 19.4. The molecular formula is C22H22BrNO3S. The van der Waals surface area contributed by atoms with E-state index in [-0.39, 0.29) is 0 Å². The summed E-state index contributed by atoms with van der Waals surface area (Å²) in [6.45, 7) is 0. The Kier molecular flexibility index (Phi) is 7.13. The Bertz CT molecular complexity index is 974. The number of halogens is 1. The van der Waals surface area contributed by atoms with Gasteiger partial charge in [-0.25, -0.2) is 0 Å². The molecule has 2 N–H and O–H groups in total. The molecule has 0 aliphatic carbocycles. The van der Waals surface area contributed by atoms with Crippen LogP contribution in [0.2, 0.25) is 0 Å². The smallest absolute Gasteiger partial charge is 0.323 e. The molecule has 3 aromatic rings. The van der Waals surface area contributed by atoms with Gasteiger partial charge in [0.1, 0.15) is 12.3 Å². The lowest BCUT2D eigenvalue weighted by Gasteiger charge is -2.23. The highest BCUT2D eigenvalue weighted by Crippen LogP contribution is 2.35. The minimum absolute atomic E-state index is 0.391. The fraction of sp³-hybridized carbons (Fsp3) is 0.227. The highest BCUT2D eigenvalue weighted by molar-refractivity contribution is 9.10. The number of carbonyl (C=O) groups excluding carboxylic acids is 1. The third-order valence-corrected chi connectivity index (χ3v) is 5.73. The molecule has 0 aliphatic rings. The number of fused-ring (bicyclic) bond motifs is 1. The average molecular weight is 460 g/mol. The SMILES string of the molecule is COC(=O)[C@H](CSC)NC(O)c1ccc(Br)cc1-c1cccc2ccccc12. The van der Waals surface area contributed by atoms with Crippen LogP contribution in [0.1, 0.15) is 11.8 Å². The van der Waals surface area contributed by atoms with Crippen molar-refractivity contribution in [2.45, 2.75) is 12.3 Å². The number of hydrogen-bond donors (Lipinski definition) is 2. The van der Waals surface area contributed by atoms with E-state index in [0.29, 0.717) is 11.3 Å².